The molecule has 1 fully saturated rings. The third kappa shape index (κ3) is 7.42. The van der Waals surface area contributed by atoms with Crippen molar-refractivity contribution >= 4 is 34.4 Å². The van der Waals surface area contributed by atoms with E-state index in [1.807, 2.05) is 53.4 Å². The van der Waals surface area contributed by atoms with Gasteiger partial charge in [-0.25, -0.2) is 4.98 Å². The Morgan fingerprint density at radius 2 is 1.67 bits per heavy atom. The van der Waals surface area contributed by atoms with Gasteiger partial charge in [0.1, 0.15) is 24.8 Å². The highest BCUT2D eigenvalue weighted by molar-refractivity contribution is 5.98. The molecule has 9 nitrogen and oxygen atoms in total. The molecule has 0 unspecified atom stereocenters. The Morgan fingerprint density at radius 3 is 2.43 bits per heavy atom. The lowest BCUT2D eigenvalue weighted by Crippen LogP contribution is -2.39. The molecule has 216 valence electrons. The van der Waals surface area contributed by atoms with Crippen molar-refractivity contribution in [3.05, 3.63) is 102 Å². The van der Waals surface area contributed by atoms with E-state index in [0.29, 0.717) is 29.1 Å². The summed E-state index contributed by atoms with van der Waals surface area (Å²) in [4.78, 5) is 44.3. The Morgan fingerprint density at radius 1 is 0.929 bits per heavy atom. The van der Waals surface area contributed by atoms with Gasteiger partial charge >= 0.3 is 5.97 Å². The van der Waals surface area contributed by atoms with E-state index in [4.69, 9.17) is 15.2 Å². The third-order valence-electron chi connectivity index (χ3n) is 7.28. The van der Waals surface area contributed by atoms with Gasteiger partial charge in [0.2, 0.25) is 0 Å². The fraction of sp³-hybridized carbons (Fsp3) is 0.273. The number of anilines is 1. The smallest absolute Gasteiger partial charge is 0.306 e. The van der Waals surface area contributed by atoms with Crippen molar-refractivity contribution in [2.24, 2.45) is 0 Å². The summed E-state index contributed by atoms with van der Waals surface area (Å²) in [6.07, 6.45) is 4.08. The number of likely N-dealkylation sites (tertiary alicyclic amines) is 1. The van der Waals surface area contributed by atoms with Crippen LogP contribution in [0.4, 0.5) is 5.82 Å². The molecule has 9 heteroatoms. The van der Waals surface area contributed by atoms with E-state index < -0.39 is 6.04 Å². The van der Waals surface area contributed by atoms with Crippen LogP contribution in [0.3, 0.4) is 0 Å². The molecule has 3 aromatic carbocycles. The van der Waals surface area contributed by atoms with E-state index in [0.717, 1.165) is 42.3 Å². The molecule has 2 amide bonds. The Kier molecular flexibility index (Phi) is 9.28. The minimum absolute atomic E-state index is 0.0222. The molecule has 0 spiro atoms. The van der Waals surface area contributed by atoms with Gasteiger partial charge in [-0.05, 0) is 72.7 Å². The van der Waals surface area contributed by atoms with Gasteiger partial charge in [0.05, 0.1) is 6.04 Å². The lowest BCUT2D eigenvalue weighted by Gasteiger charge is -2.20. The van der Waals surface area contributed by atoms with Crippen molar-refractivity contribution in [2.75, 3.05) is 25.4 Å². The number of rotatable bonds is 11. The molecule has 0 bridgehead atoms. The van der Waals surface area contributed by atoms with Gasteiger partial charge in [-0.3, -0.25) is 14.4 Å². The van der Waals surface area contributed by atoms with Gasteiger partial charge < -0.3 is 25.4 Å². The zero-order valence-corrected chi connectivity index (χ0v) is 23.3. The first-order valence-corrected chi connectivity index (χ1v) is 14.1. The molecule has 0 saturated carbocycles. The van der Waals surface area contributed by atoms with Crippen molar-refractivity contribution in [1.82, 2.24) is 15.2 Å². The zero-order chi connectivity index (χ0) is 29.3. The summed E-state index contributed by atoms with van der Waals surface area (Å²) in [7, 11) is 0. The lowest BCUT2D eigenvalue weighted by molar-refractivity contribution is -0.145. The fourth-order valence-corrected chi connectivity index (χ4v) is 4.89. The number of benzene rings is 3. The van der Waals surface area contributed by atoms with Gasteiger partial charge in [0, 0.05) is 42.2 Å². The molecule has 42 heavy (non-hydrogen) atoms. The van der Waals surface area contributed by atoms with E-state index in [2.05, 4.69) is 10.3 Å². The summed E-state index contributed by atoms with van der Waals surface area (Å²) in [6, 6.07) is 23.0. The molecule has 0 aliphatic carbocycles. The summed E-state index contributed by atoms with van der Waals surface area (Å²) in [5.74, 6) is 0.250. The minimum atomic E-state index is -0.491. The Hall–Kier alpha value is -4.92. The van der Waals surface area contributed by atoms with Gasteiger partial charge in [0.15, 0.2) is 0 Å². The molecule has 2 heterocycles. The van der Waals surface area contributed by atoms with Crippen molar-refractivity contribution in [2.45, 2.75) is 38.3 Å². The molecule has 0 radical (unpaired) electrons. The quantitative estimate of drug-likeness (QED) is 0.251. The largest absolute Gasteiger partial charge is 0.491 e. The van der Waals surface area contributed by atoms with Crippen LogP contribution in [-0.2, 0) is 16.1 Å². The number of nitrogens with one attached hydrogen (secondary N) is 1. The average molecular weight is 567 g/mol. The Bertz CT molecular complexity index is 1540. The number of hydrogen-bond donors (Lipinski definition) is 2. The molecule has 3 N–H and O–H groups in total. The van der Waals surface area contributed by atoms with Gasteiger partial charge in [-0.1, -0.05) is 36.4 Å². The highest BCUT2D eigenvalue weighted by Crippen LogP contribution is 2.24. The van der Waals surface area contributed by atoms with E-state index in [1.165, 1.54) is 0 Å². The first kappa shape index (κ1) is 28.6. The molecule has 1 aliphatic rings. The van der Waals surface area contributed by atoms with Crippen molar-refractivity contribution in [3.63, 3.8) is 0 Å². The monoisotopic (exact) mass is 566 g/mol. The maximum atomic E-state index is 13.2. The number of nitrogens with zero attached hydrogens (tertiary/aromatic N) is 2. The summed E-state index contributed by atoms with van der Waals surface area (Å²) < 4.78 is 11.5. The van der Waals surface area contributed by atoms with Crippen LogP contribution < -0.4 is 15.8 Å². The second-order valence-corrected chi connectivity index (χ2v) is 10.3. The fourth-order valence-electron chi connectivity index (χ4n) is 4.89. The number of esters is 1. The summed E-state index contributed by atoms with van der Waals surface area (Å²) >= 11 is 0. The van der Waals surface area contributed by atoms with E-state index >= 15 is 0 Å². The van der Waals surface area contributed by atoms with Crippen LogP contribution in [0.15, 0.2) is 85.1 Å². The predicted octanol–water partition coefficient (Wildman–Crippen LogP) is 4.75. The number of nitrogens with two attached hydrogens (primary N) is 1. The van der Waals surface area contributed by atoms with Crippen LogP contribution in [0.2, 0.25) is 0 Å². The summed E-state index contributed by atoms with van der Waals surface area (Å²) in [6.45, 7) is 1.82. The lowest BCUT2D eigenvalue weighted by atomic mass is 10.1. The first-order valence-electron chi connectivity index (χ1n) is 14.1. The summed E-state index contributed by atoms with van der Waals surface area (Å²) in [5.41, 5.74) is 7.89. The number of aromatic nitrogens is 1. The standard InChI is InChI=1S/C33H34N4O5/c34-31-29-20-28(14-12-24(29)16-17-35-31)41-22-27(13-15-30(38)42-21-23-6-2-1-3-7-23)36-32(39)25-8-10-26(11-9-25)33(40)37-18-4-5-19-37/h1-3,6-12,14,16-17,20,27H,4-5,13,15,18-19,21-22H2,(H2,34,35)(H,36,39)/t27-/m1/s1. The number of nitrogen functional groups attached to an aromatic ring is 1. The summed E-state index contributed by atoms with van der Waals surface area (Å²) in [5, 5.41) is 4.69. The number of carbonyl (C=O) groups is 3. The maximum Gasteiger partial charge on any atom is 0.306 e. The predicted molar refractivity (Wildman–Crippen MR) is 160 cm³/mol. The van der Waals surface area contributed by atoms with Crippen LogP contribution in [0.5, 0.6) is 5.75 Å². The van der Waals surface area contributed by atoms with Crippen molar-refractivity contribution in [1.29, 1.82) is 0 Å². The molecule has 5 rings (SSSR count). The van der Waals surface area contributed by atoms with Crippen molar-refractivity contribution < 1.29 is 23.9 Å². The topological polar surface area (TPSA) is 124 Å². The van der Waals surface area contributed by atoms with E-state index in [1.54, 1.807) is 36.5 Å². The number of hydrogen-bond acceptors (Lipinski definition) is 7. The van der Waals surface area contributed by atoms with Crippen LogP contribution >= 0.6 is 0 Å². The van der Waals surface area contributed by atoms with Crippen LogP contribution in [0.1, 0.15) is 52.0 Å². The maximum absolute atomic E-state index is 13.2. The highest BCUT2D eigenvalue weighted by Gasteiger charge is 2.21. The van der Waals surface area contributed by atoms with Crippen LogP contribution in [-0.4, -0.2) is 53.4 Å². The number of ether oxygens (including phenoxy) is 2. The normalized spacial score (nSPS) is 13.5. The number of amides is 2. The molecule has 1 aliphatic heterocycles. The van der Waals surface area contributed by atoms with Gasteiger partial charge in [0.25, 0.3) is 11.8 Å². The van der Waals surface area contributed by atoms with Crippen molar-refractivity contribution in [3.8, 4) is 5.75 Å². The van der Waals surface area contributed by atoms with E-state index in [-0.39, 0.29) is 37.4 Å². The number of carbonyl (C=O) groups excluding carboxylic acids is 3. The number of pyridine rings is 1. The second kappa shape index (κ2) is 13.6. The minimum Gasteiger partial charge on any atom is -0.491 e. The second-order valence-electron chi connectivity index (χ2n) is 10.3. The molecule has 1 atom stereocenters. The number of fused-ring (bicyclic) bond motifs is 1. The Labute approximate surface area is 244 Å². The van der Waals surface area contributed by atoms with Gasteiger partial charge in [-0.15, -0.1) is 0 Å². The molecule has 1 saturated heterocycles. The van der Waals surface area contributed by atoms with E-state index in [9.17, 15) is 14.4 Å². The van der Waals surface area contributed by atoms with Gasteiger partial charge in [-0.2, -0.15) is 0 Å². The molecule has 1 aromatic heterocycles. The highest BCUT2D eigenvalue weighted by atomic mass is 16.5. The average Bonchev–Trinajstić information content (AvgIpc) is 3.57. The first-order chi connectivity index (χ1) is 20.5. The SMILES string of the molecule is Nc1nccc2ccc(OC[C@@H](CCC(=O)OCc3ccccc3)NC(=O)c3ccc(C(=O)N4CCCC4)cc3)cc12. The third-order valence-corrected chi connectivity index (χ3v) is 7.28. The zero-order valence-electron chi connectivity index (χ0n) is 23.3. The molecule has 4 aromatic rings. The van der Waals surface area contributed by atoms with Crippen LogP contribution in [0.25, 0.3) is 10.8 Å². The van der Waals surface area contributed by atoms with Crippen LogP contribution in [0, 0.1) is 0 Å². The molecular formula is C33H34N4O5. The Balaban J connectivity index is 1.23. The molecular weight excluding hydrogens is 532 g/mol.